The first-order chi connectivity index (χ1) is 8.58. The van der Waals surface area contributed by atoms with Gasteiger partial charge < -0.3 is 10.0 Å². The van der Waals surface area contributed by atoms with Gasteiger partial charge in [0.25, 0.3) is 5.91 Å². The molecule has 0 saturated carbocycles. The third kappa shape index (κ3) is 2.90. The first-order valence-electron chi connectivity index (χ1n) is 6.20. The van der Waals surface area contributed by atoms with Gasteiger partial charge in [0.2, 0.25) is 0 Å². The number of likely N-dealkylation sites (tertiary alicyclic amines) is 1. The van der Waals surface area contributed by atoms with Crippen LogP contribution in [0.1, 0.15) is 45.5 Å². The van der Waals surface area contributed by atoms with Crippen LogP contribution in [-0.2, 0) is 0 Å². The summed E-state index contributed by atoms with van der Waals surface area (Å²) in [4.78, 5) is 25.7. The lowest BCUT2D eigenvalue weighted by molar-refractivity contribution is 0.0701. The first kappa shape index (κ1) is 13.1. The van der Waals surface area contributed by atoms with E-state index in [9.17, 15) is 9.59 Å². The van der Waals surface area contributed by atoms with Crippen molar-refractivity contribution in [3.05, 3.63) is 21.9 Å². The van der Waals surface area contributed by atoms with E-state index < -0.39 is 5.97 Å². The van der Waals surface area contributed by atoms with E-state index in [0.717, 1.165) is 43.7 Å². The number of carboxylic acids is 1. The van der Waals surface area contributed by atoms with Gasteiger partial charge in [-0.3, -0.25) is 4.79 Å². The van der Waals surface area contributed by atoms with Crippen molar-refractivity contribution in [1.82, 2.24) is 4.90 Å². The lowest BCUT2D eigenvalue weighted by Crippen LogP contribution is -2.33. The molecule has 18 heavy (non-hydrogen) atoms. The first-order valence-corrected chi connectivity index (χ1v) is 7.02. The van der Waals surface area contributed by atoms with Crippen LogP contribution in [0.25, 0.3) is 0 Å². The Bertz CT molecular complexity index is 455. The minimum Gasteiger partial charge on any atom is -0.477 e. The van der Waals surface area contributed by atoms with Crippen LogP contribution in [-0.4, -0.2) is 35.0 Å². The van der Waals surface area contributed by atoms with Crippen LogP contribution in [0.15, 0.2) is 12.1 Å². The fourth-order valence-corrected chi connectivity index (χ4v) is 3.08. The standard InChI is InChI=1S/C13H17NO3S/c1-9-4-2-3-7-14(8-9)12(15)10-5-6-11(18-10)13(16)17/h5-6,9H,2-4,7-8H2,1H3,(H,16,17). The summed E-state index contributed by atoms with van der Waals surface area (Å²) in [6.07, 6.45) is 3.36. The summed E-state index contributed by atoms with van der Waals surface area (Å²) >= 11 is 1.06. The molecule has 1 unspecified atom stereocenters. The van der Waals surface area contributed by atoms with Gasteiger partial charge in [0.1, 0.15) is 4.88 Å². The van der Waals surface area contributed by atoms with Gasteiger partial charge in [0.15, 0.2) is 0 Å². The normalized spacial score (nSPS) is 20.5. The molecule has 0 aliphatic carbocycles. The van der Waals surface area contributed by atoms with Gasteiger partial charge >= 0.3 is 5.97 Å². The quantitative estimate of drug-likeness (QED) is 0.896. The summed E-state index contributed by atoms with van der Waals surface area (Å²) in [6, 6.07) is 3.12. The summed E-state index contributed by atoms with van der Waals surface area (Å²) in [5.74, 6) is -0.472. The molecular weight excluding hydrogens is 250 g/mol. The number of carbonyl (C=O) groups excluding carboxylic acids is 1. The van der Waals surface area contributed by atoms with Crippen LogP contribution in [0.3, 0.4) is 0 Å². The molecule has 0 spiro atoms. The number of hydrogen-bond acceptors (Lipinski definition) is 3. The Labute approximate surface area is 110 Å². The maximum absolute atomic E-state index is 12.3. The molecule has 2 heterocycles. The van der Waals surface area contributed by atoms with Crippen molar-refractivity contribution in [2.45, 2.75) is 26.2 Å². The smallest absolute Gasteiger partial charge is 0.345 e. The molecule has 5 heteroatoms. The zero-order chi connectivity index (χ0) is 13.1. The van der Waals surface area contributed by atoms with Crippen LogP contribution >= 0.6 is 11.3 Å². The highest BCUT2D eigenvalue weighted by atomic mass is 32.1. The Morgan fingerprint density at radius 1 is 1.33 bits per heavy atom. The molecule has 0 aromatic carbocycles. The molecule has 98 valence electrons. The van der Waals surface area contributed by atoms with Crippen LogP contribution < -0.4 is 0 Å². The van der Waals surface area contributed by atoms with Gasteiger partial charge in [-0.2, -0.15) is 0 Å². The van der Waals surface area contributed by atoms with Gasteiger partial charge in [0, 0.05) is 13.1 Å². The van der Waals surface area contributed by atoms with Crippen molar-refractivity contribution in [3.8, 4) is 0 Å². The topological polar surface area (TPSA) is 57.6 Å². The minimum absolute atomic E-state index is 0.0266. The fourth-order valence-electron chi connectivity index (χ4n) is 2.26. The number of aromatic carboxylic acids is 1. The van der Waals surface area contributed by atoms with Crippen molar-refractivity contribution in [1.29, 1.82) is 0 Å². The van der Waals surface area contributed by atoms with Gasteiger partial charge in [-0.05, 0) is 30.9 Å². The molecule has 1 aromatic heterocycles. The number of hydrogen-bond donors (Lipinski definition) is 1. The summed E-state index contributed by atoms with van der Waals surface area (Å²) in [7, 11) is 0. The highest BCUT2D eigenvalue weighted by molar-refractivity contribution is 7.15. The van der Waals surface area contributed by atoms with E-state index in [4.69, 9.17) is 5.11 Å². The maximum Gasteiger partial charge on any atom is 0.345 e. The third-order valence-corrected chi connectivity index (χ3v) is 4.28. The van der Waals surface area contributed by atoms with Gasteiger partial charge in [0.05, 0.1) is 4.88 Å². The molecule has 1 atom stereocenters. The van der Waals surface area contributed by atoms with Gasteiger partial charge in [-0.15, -0.1) is 11.3 Å². The van der Waals surface area contributed by atoms with Crippen LogP contribution in [0.5, 0.6) is 0 Å². The molecule has 1 saturated heterocycles. The molecule has 1 aliphatic heterocycles. The second-order valence-corrected chi connectivity index (χ2v) is 5.90. The highest BCUT2D eigenvalue weighted by Gasteiger charge is 2.22. The second-order valence-electron chi connectivity index (χ2n) is 4.82. The predicted molar refractivity (Wildman–Crippen MR) is 70.2 cm³/mol. The molecule has 1 aliphatic rings. The third-order valence-electron chi connectivity index (χ3n) is 3.22. The van der Waals surface area contributed by atoms with E-state index in [1.807, 2.05) is 4.90 Å². The van der Waals surface area contributed by atoms with Crippen molar-refractivity contribution in [2.24, 2.45) is 5.92 Å². The molecule has 1 N–H and O–H groups in total. The largest absolute Gasteiger partial charge is 0.477 e. The minimum atomic E-state index is -0.969. The Hall–Kier alpha value is -1.36. The van der Waals surface area contributed by atoms with Crippen LogP contribution in [0.2, 0.25) is 0 Å². The van der Waals surface area contributed by atoms with E-state index in [-0.39, 0.29) is 10.8 Å². The number of thiophene rings is 1. The van der Waals surface area contributed by atoms with Crippen molar-refractivity contribution < 1.29 is 14.7 Å². The number of carbonyl (C=O) groups is 2. The summed E-state index contributed by atoms with van der Waals surface area (Å²) in [5.41, 5.74) is 0. The van der Waals surface area contributed by atoms with Gasteiger partial charge in [-0.25, -0.2) is 4.79 Å². The predicted octanol–water partition coefficient (Wildman–Crippen LogP) is 2.71. The SMILES string of the molecule is CC1CCCCN(C(=O)c2ccc(C(=O)O)s2)C1. The fraction of sp³-hybridized carbons (Fsp3) is 0.538. The number of nitrogens with zero attached hydrogens (tertiary/aromatic N) is 1. The molecule has 1 fully saturated rings. The Balaban J connectivity index is 2.11. The highest BCUT2D eigenvalue weighted by Crippen LogP contribution is 2.22. The van der Waals surface area contributed by atoms with Gasteiger partial charge in [-0.1, -0.05) is 13.3 Å². The summed E-state index contributed by atoms with van der Waals surface area (Å²) in [6.45, 7) is 3.71. The molecule has 0 radical (unpaired) electrons. The van der Waals surface area contributed by atoms with Crippen LogP contribution in [0.4, 0.5) is 0 Å². The van der Waals surface area contributed by atoms with E-state index >= 15 is 0 Å². The van der Waals surface area contributed by atoms with Crippen LogP contribution in [0, 0.1) is 5.92 Å². The zero-order valence-corrected chi connectivity index (χ0v) is 11.2. The van der Waals surface area contributed by atoms with E-state index in [2.05, 4.69) is 6.92 Å². The molecule has 4 nitrogen and oxygen atoms in total. The molecule has 1 aromatic rings. The number of amides is 1. The number of carboxylic acid groups (broad SMARTS) is 1. The summed E-state index contributed by atoms with van der Waals surface area (Å²) in [5, 5.41) is 8.86. The monoisotopic (exact) mass is 267 g/mol. The summed E-state index contributed by atoms with van der Waals surface area (Å²) < 4.78 is 0. The Kier molecular flexibility index (Phi) is 4.01. The lowest BCUT2D eigenvalue weighted by Gasteiger charge is -2.21. The maximum atomic E-state index is 12.3. The van der Waals surface area contributed by atoms with Crippen molar-refractivity contribution >= 4 is 23.2 Å². The lowest BCUT2D eigenvalue weighted by atomic mass is 10.1. The average molecular weight is 267 g/mol. The van der Waals surface area contributed by atoms with E-state index in [1.165, 1.54) is 6.07 Å². The Morgan fingerprint density at radius 2 is 2.06 bits per heavy atom. The molecular formula is C13H17NO3S. The number of rotatable bonds is 2. The van der Waals surface area contributed by atoms with E-state index in [1.54, 1.807) is 6.07 Å². The zero-order valence-electron chi connectivity index (χ0n) is 10.4. The molecule has 2 rings (SSSR count). The average Bonchev–Trinajstić information content (AvgIpc) is 2.72. The van der Waals surface area contributed by atoms with E-state index in [0.29, 0.717) is 10.8 Å². The molecule has 0 bridgehead atoms. The molecule has 1 amide bonds. The van der Waals surface area contributed by atoms with Crippen molar-refractivity contribution in [2.75, 3.05) is 13.1 Å². The second kappa shape index (κ2) is 5.52. The Morgan fingerprint density at radius 3 is 2.72 bits per heavy atom. The van der Waals surface area contributed by atoms with Crippen molar-refractivity contribution in [3.63, 3.8) is 0 Å².